The van der Waals surface area contributed by atoms with Crippen LogP contribution in [0.2, 0.25) is 0 Å². The van der Waals surface area contributed by atoms with E-state index in [9.17, 15) is 4.79 Å². The highest BCUT2D eigenvalue weighted by atomic mass is 16.5. The molecule has 0 bridgehead atoms. The van der Waals surface area contributed by atoms with Crippen LogP contribution in [0.3, 0.4) is 0 Å². The number of nitriles is 1. The molecule has 36 heavy (non-hydrogen) atoms. The normalized spacial score (nSPS) is 15.9. The number of anilines is 2. The first-order valence-corrected chi connectivity index (χ1v) is 12.3. The number of nitrogens with one attached hydrogen (secondary N) is 3. The monoisotopic (exact) mass is 486 g/mol. The van der Waals surface area contributed by atoms with Crippen LogP contribution in [0.4, 0.5) is 11.6 Å². The summed E-state index contributed by atoms with van der Waals surface area (Å²) in [6.45, 7) is 3.49. The quantitative estimate of drug-likeness (QED) is 0.420. The average molecular weight is 487 g/mol. The molecule has 0 atom stereocenters. The predicted molar refractivity (Wildman–Crippen MR) is 134 cm³/mol. The van der Waals surface area contributed by atoms with E-state index in [-0.39, 0.29) is 5.69 Å². The van der Waals surface area contributed by atoms with Crippen LogP contribution >= 0.6 is 0 Å². The number of hydrogen-bond donors (Lipinski definition) is 3. The zero-order valence-corrected chi connectivity index (χ0v) is 20.3. The zero-order valence-electron chi connectivity index (χ0n) is 20.3. The van der Waals surface area contributed by atoms with E-state index in [2.05, 4.69) is 41.8 Å². The van der Waals surface area contributed by atoms with Gasteiger partial charge in [0.25, 0.3) is 0 Å². The molecule has 0 spiro atoms. The molecule has 3 N–H and O–H groups in total. The molecule has 0 radical (unpaired) electrons. The number of aromatic amines is 1. The van der Waals surface area contributed by atoms with Gasteiger partial charge in [0.05, 0.1) is 25.2 Å². The van der Waals surface area contributed by atoms with Gasteiger partial charge in [-0.05, 0) is 55.8 Å². The van der Waals surface area contributed by atoms with Gasteiger partial charge in [0.15, 0.2) is 11.5 Å². The fraction of sp³-hybridized carbons (Fsp3) is 0.423. The second-order valence-electron chi connectivity index (χ2n) is 9.40. The number of rotatable bonds is 9. The van der Waals surface area contributed by atoms with Crippen molar-refractivity contribution in [1.82, 2.24) is 30.4 Å². The third-order valence-electron chi connectivity index (χ3n) is 6.77. The number of methoxy groups -OCH3 is 1. The van der Waals surface area contributed by atoms with Crippen molar-refractivity contribution in [3.8, 4) is 23.1 Å². The van der Waals surface area contributed by atoms with Crippen LogP contribution < -0.4 is 15.4 Å². The topological polar surface area (TPSA) is 132 Å². The van der Waals surface area contributed by atoms with Crippen molar-refractivity contribution >= 4 is 17.5 Å². The Morgan fingerprint density at radius 3 is 2.69 bits per heavy atom. The molecule has 1 saturated carbocycles. The van der Waals surface area contributed by atoms with Gasteiger partial charge in [-0.15, -0.1) is 0 Å². The van der Waals surface area contributed by atoms with Crippen LogP contribution in [0.1, 0.15) is 36.9 Å². The number of nitrogens with zero attached hydrogens (tertiary/aromatic N) is 5. The van der Waals surface area contributed by atoms with Crippen molar-refractivity contribution in [2.24, 2.45) is 11.8 Å². The smallest absolute Gasteiger partial charge is 0.225 e. The third-order valence-corrected chi connectivity index (χ3v) is 6.77. The SMILES string of the molecule is COc1cc(CNCC2CCN(C(=O)C3CC3)CC2)ccc1-c1cc(Nc2cnc(C#N)cn2)n[nH]1. The summed E-state index contributed by atoms with van der Waals surface area (Å²) >= 11 is 0. The fourth-order valence-electron chi connectivity index (χ4n) is 4.54. The molecule has 3 aromatic rings. The van der Waals surface area contributed by atoms with E-state index in [1.807, 2.05) is 24.3 Å². The molecule has 1 aliphatic heterocycles. The molecule has 1 aromatic carbocycles. The lowest BCUT2D eigenvalue weighted by Gasteiger charge is -2.32. The Kier molecular flexibility index (Phi) is 7.09. The Morgan fingerprint density at radius 1 is 1.17 bits per heavy atom. The number of likely N-dealkylation sites (tertiary alicyclic amines) is 1. The Morgan fingerprint density at radius 2 is 2.00 bits per heavy atom. The lowest BCUT2D eigenvalue weighted by molar-refractivity contribution is -0.133. The first kappa shape index (κ1) is 23.8. The highest BCUT2D eigenvalue weighted by Gasteiger charge is 2.34. The molecule has 1 amide bonds. The molecule has 2 aromatic heterocycles. The van der Waals surface area contributed by atoms with Crippen molar-refractivity contribution in [1.29, 1.82) is 5.26 Å². The van der Waals surface area contributed by atoms with Gasteiger partial charge < -0.3 is 20.3 Å². The molecule has 0 unspecified atom stereocenters. The minimum atomic E-state index is 0.258. The van der Waals surface area contributed by atoms with E-state index in [0.717, 1.165) is 74.4 Å². The van der Waals surface area contributed by atoms with Crippen LogP contribution in [0, 0.1) is 23.2 Å². The third kappa shape index (κ3) is 5.63. The lowest BCUT2D eigenvalue weighted by Crippen LogP contribution is -2.41. The summed E-state index contributed by atoms with van der Waals surface area (Å²) in [6, 6.07) is 9.97. The van der Waals surface area contributed by atoms with Crippen LogP contribution in [0.25, 0.3) is 11.3 Å². The number of aromatic nitrogens is 4. The summed E-state index contributed by atoms with van der Waals surface area (Å²) in [5, 5.41) is 22.8. The minimum absolute atomic E-state index is 0.258. The average Bonchev–Trinajstić information content (AvgIpc) is 3.67. The molecular formula is C26H30N8O2. The highest BCUT2D eigenvalue weighted by Crippen LogP contribution is 2.33. The predicted octanol–water partition coefficient (Wildman–Crippen LogP) is 3.23. The van der Waals surface area contributed by atoms with Crippen molar-refractivity contribution in [2.45, 2.75) is 32.2 Å². The van der Waals surface area contributed by atoms with E-state index in [0.29, 0.717) is 29.4 Å². The van der Waals surface area contributed by atoms with Crippen molar-refractivity contribution in [2.75, 3.05) is 32.1 Å². The summed E-state index contributed by atoms with van der Waals surface area (Å²) in [7, 11) is 1.66. The highest BCUT2D eigenvalue weighted by molar-refractivity contribution is 5.81. The maximum atomic E-state index is 12.2. The van der Waals surface area contributed by atoms with Crippen LogP contribution in [-0.4, -0.2) is 57.7 Å². The zero-order chi connectivity index (χ0) is 24.9. The van der Waals surface area contributed by atoms with E-state index < -0.39 is 0 Å². The second kappa shape index (κ2) is 10.7. The summed E-state index contributed by atoms with van der Waals surface area (Å²) < 4.78 is 5.66. The van der Waals surface area contributed by atoms with Gasteiger partial charge in [0, 0.05) is 37.2 Å². The maximum Gasteiger partial charge on any atom is 0.225 e. The van der Waals surface area contributed by atoms with Gasteiger partial charge in [-0.1, -0.05) is 6.07 Å². The van der Waals surface area contributed by atoms with E-state index in [1.165, 1.54) is 12.4 Å². The Balaban J connectivity index is 1.14. The molecule has 5 rings (SSSR count). The molecule has 10 nitrogen and oxygen atoms in total. The van der Waals surface area contributed by atoms with Gasteiger partial charge in [0.1, 0.15) is 17.6 Å². The summed E-state index contributed by atoms with van der Waals surface area (Å²) in [6.07, 6.45) is 7.19. The number of benzene rings is 1. The number of ether oxygens (including phenoxy) is 1. The summed E-state index contributed by atoms with van der Waals surface area (Å²) in [5.74, 6) is 3.14. The first-order chi connectivity index (χ1) is 17.6. The van der Waals surface area contributed by atoms with Crippen LogP contribution in [0.5, 0.6) is 5.75 Å². The number of amides is 1. The molecular weight excluding hydrogens is 456 g/mol. The Labute approximate surface area is 210 Å². The van der Waals surface area contributed by atoms with Gasteiger partial charge in [-0.25, -0.2) is 9.97 Å². The standard InChI is InChI=1S/C26H30N8O2/c1-36-23-10-18(14-28-13-17-6-8-34(9-7-17)26(35)19-3-4-19)2-5-21(23)22-11-24(33-32-22)31-25-16-29-20(12-27)15-30-25/h2,5,10-11,15-17,19,28H,3-4,6-9,13-14H2,1H3,(H2,30,31,32,33). The Hall–Kier alpha value is -3.97. The van der Waals surface area contributed by atoms with Gasteiger partial charge in [-0.3, -0.25) is 9.89 Å². The largest absolute Gasteiger partial charge is 0.496 e. The van der Waals surface area contributed by atoms with E-state index in [1.54, 1.807) is 7.11 Å². The van der Waals surface area contributed by atoms with E-state index in [4.69, 9.17) is 10.00 Å². The molecule has 10 heteroatoms. The first-order valence-electron chi connectivity index (χ1n) is 12.3. The number of carbonyl (C=O) groups excluding carboxylic acids is 1. The van der Waals surface area contributed by atoms with Crippen LogP contribution in [0.15, 0.2) is 36.7 Å². The summed E-state index contributed by atoms with van der Waals surface area (Å²) in [4.78, 5) is 22.5. The molecule has 1 aliphatic carbocycles. The van der Waals surface area contributed by atoms with Crippen molar-refractivity contribution < 1.29 is 9.53 Å². The molecule has 2 fully saturated rings. The van der Waals surface area contributed by atoms with Crippen molar-refractivity contribution in [3.63, 3.8) is 0 Å². The number of H-pyrrole nitrogens is 1. The lowest BCUT2D eigenvalue weighted by atomic mass is 9.96. The molecule has 2 aliphatic rings. The van der Waals surface area contributed by atoms with Crippen molar-refractivity contribution in [3.05, 3.63) is 47.9 Å². The second-order valence-corrected chi connectivity index (χ2v) is 9.40. The maximum absolute atomic E-state index is 12.2. The fourth-order valence-corrected chi connectivity index (χ4v) is 4.54. The summed E-state index contributed by atoms with van der Waals surface area (Å²) in [5.41, 5.74) is 3.11. The Bertz CT molecular complexity index is 1240. The molecule has 3 heterocycles. The van der Waals surface area contributed by atoms with E-state index >= 15 is 0 Å². The number of piperidine rings is 1. The minimum Gasteiger partial charge on any atom is -0.496 e. The van der Waals surface area contributed by atoms with Gasteiger partial charge in [0.2, 0.25) is 5.91 Å². The number of hydrogen-bond acceptors (Lipinski definition) is 8. The van der Waals surface area contributed by atoms with Crippen LogP contribution in [-0.2, 0) is 11.3 Å². The van der Waals surface area contributed by atoms with Gasteiger partial charge in [-0.2, -0.15) is 10.4 Å². The van der Waals surface area contributed by atoms with Gasteiger partial charge >= 0.3 is 0 Å². The number of carbonyl (C=O) groups is 1. The molecule has 1 saturated heterocycles. The molecule has 186 valence electrons.